The Kier molecular flexibility index (Phi) is 4.92. The second-order valence-corrected chi connectivity index (χ2v) is 4.74. The van der Waals surface area contributed by atoms with E-state index in [-0.39, 0.29) is 12.4 Å². The molecular formula is C9H8Cl3N3S. The Bertz CT molecular complexity index is 459. The van der Waals surface area contributed by atoms with Crippen LogP contribution in [0.25, 0.3) is 0 Å². The summed E-state index contributed by atoms with van der Waals surface area (Å²) in [7, 11) is 0. The lowest BCUT2D eigenvalue weighted by molar-refractivity contribution is 1.22. The second-order valence-electron chi connectivity index (χ2n) is 2.90. The molecule has 0 amide bonds. The van der Waals surface area contributed by atoms with E-state index >= 15 is 0 Å². The average Bonchev–Trinajstić information content (AvgIpc) is 2.20. The van der Waals surface area contributed by atoms with E-state index in [1.54, 1.807) is 12.1 Å². The van der Waals surface area contributed by atoms with Crippen LogP contribution in [0.1, 0.15) is 5.56 Å². The molecule has 0 fully saturated rings. The molecule has 2 N–H and O–H groups in total. The van der Waals surface area contributed by atoms with Gasteiger partial charge in [0, 0.05) is 16.3 Å². The summed E-state index contributed by atoms with van der Waals surface area (Å²) in [6.45, 7) is 0. The van der Waals surface area contributed by atoms with Crippen molar-refractivity contribution in [2.45, 2.75) is 0 Å². The van der Waals surface area contributed by atoms with Crippen molar-refractivity contribution in [3.8, 4) is 0 Å². The number of thioether (sulfide) groups is 1. The van der Waals surface area contributed by atoms with Gasteiger partial charge in [0.05, 0.1) is 10.7 Å². The van der Waals surface area contributed by atoms with E-state index in [1.165, 1.54) is 11.8 Å². The molecule has 0 bridgehead atoms. The van der Waals surface area contributed by atoms with Crippen molar-refractivity contribution >= 4 is 58.3 Å². The Hall–Kier alpha value is -0.420. The van der Waals surface area contributed by atoms with Crippen LogP contribution < -0.4 is 5.73 Å². The third-order valence-electron chi connectivity index (χ3n) is 1.87. The molecule has 0 spiro atoms. The number of rotatable bonds is 1. The van der Waals surface area contributed by atoms with Gasteiger partial charge in [0.15, 0.2) is 5.17 Å². The molecule has 0 aliphatic carbocycles. The molecule has 0 saturated heterocycles. The largest absolute Gasteiger partial charge is 0.377 e. The van der Waals surface area contributed by atoms with Gasteiger partial charge in [-0.1, -0.05) is 41.0 Å². The number of nitrogens with two attached hydrogens (primary N) is 1. The predicted molar refractivity (Wildman–Crippen MR) is 74.3 cm³/mol. The van der Waals surface area contributed by atoms with Crippen LogP contribution in [0.5, 0.6) is 0 Å². The number of halogens is 3. The van der Waals surface area contributed by atoms with Crippen LogP contribution in [0, 0.1) is 0 Å². The highest BCUT2D eigenvalue weighted by Crippen LogP contribution is 2.24. The number of nitrogens with zero attached hydrogens (tertiary/aromatic N) is 2. The summed E-state index contributed by atoms with van der Waals surface area (Å²) in [4.78, 5) is 0. The smallest absolute Gasteiger partial charge is 0.180 e. The average molecular weight is 297 g/mol. The van der Waals surface area contributed by atoms with E-state index in [0.29, 0.717) is 21.0 Å². The van der Waals surface area contributed by atoms with E-state index in [1.807, 2.05) is 6.07 Å². The minimum absolute atomic E-state index is 0. The van der Waals surface area contributed by atoms with Crippen LogP contribution in [0.2, 0.25) is 10.0 Å². The maximum absolute atomic E-state index is 6.04. The SMILES string of the molecule is Cl.NC1=NN=C(c2ccc(Cl)cc2Cl)CS1. The Morgan fingerprint density at radius 2 is 2.00 bits per heavy atom. The second kappa shape index (κ2) is 5.77. The fourth-order valence-electron chi connectivity index (χ4n) is 1.16. The molecule has 1 aromatic carbocycles. The van der Waals surface area contributed by atoms with E-state index < -0.39 is 0 Å². The minimum atomic E-state index is 0. The van der Waals surface area contributed by atoms with Crippen LogP contribution in [0.15, 0.2) is 28.4 Å². The van der Waals surface area contributed by atoms with Crippen LogP contribution in [0.4, 0.5) is 0 Å². The molecule has 0 unspecified atom stereocenters. The highest BCUT2D eigenvalue weighted by atomic mass is 35.5. The third kappa shape index (κ3) is 3.04. The van der Waals surface area contributed by atoms with Gasteiger partial charge in [0.2, 0.25) is 0 Å². The van der Waals surface area contributed by atoms with Crippen LogP contribution >= 0.6 is 47.4 Å². The molecule has 7 heteroatoms. The van der Waals surface area contributed by atoms with Crippen molar-refractivity contribution in [3.05, 3.63) is 33.8 Å². The molecular weight excluding hydrogens is 289 g/mol. The molecule has 1 aromatic rings. The number of hydrogen-bond donors (Lipinski definition) is 1. The fourth-order valence-corrected chi connectivity index (χ4v) is 2.28. The molecule has 16 heavy (non-hydrogen) atoms. The Balaban J connectivity index is 0.00000128. The maximum Gasteiger partial charge on any atom is 0.180 e. The first kappa shape index (κ1) is 13.6. The molecule has 0 radical (unpaired) electrons. The normalized spacial score (nSPS) is 14.9. The van der Waals surface area contributed by atoms with Crippen molar-refractivity contribution in [2.75, 3.05) is 5.75 Å². The summed E-state index contributed by atoms with van der Waals surface area (Å²) in [5.41, 5.74) is 7.16. The summed E-state index contributed by atoms with van der Waals surface area (Å²) in [6, 6.07) is 5.30. The van der Waals surface area contributed by atoms with E-state index in [2.05, 4.69) is 10.2 Å². The first-order chi connectivity index (χ1) is 7.16. The number of benzene rings is 1. The van der Waals surface area contributed by atoms with Gasteiger partial charge in [-0.2, -0.15) is 5.10 Å². The lowest BCUT2D eigenvalue weighted by atomic mass is 10.1. The van der Waals surface area contributed by atoms with E-state index in [9.17, 15) is 0 Å². The van der Waals surface area contributed by atoms with E-state index in [4.69, 9.17) is 28.9 Å². The summed E-state index contributed by atoms with van der Waals surface area (Å²) in [6.07, 6.45) is 0. The quantitative estimate of drug-likeness (QED) is 0.865. The Morgan fingerprint density at radius 3 is 2.56 bits per heavy atom. The molecule has 2 rings (SSSR count). The molecule has 1 aliphatic heterocycles. The lowest BCUT2D eigenvalue weighted by Crippen LogP contribution is -2.16. The molecule has 1 aliphatic rings. The van der Waals surface area contributed by atoms with Gasteiger partial charge in [0.25, 0.3) is 0 Å². The molecule has 0 aromatic heterocycles. The predicted octanol–water partition coefficient (Wildman–Crippen LogP) is 3.18. The molecule has 3 nitrogen and oxygen atoms in total. The first-order valence-corrected chi connectivity index (χ1v) is 5.89. The topological polar surface area (TPSA) is 50.7 Å². The highest BCUT2D eigenvalue weighted by Gasteiger charge is 2.13. The zero-order valence-corrected chi connectivity index (χ0v) is 11.1. The van der Waals surface area contributed by atoms with Gasteiger partial charge in [-0.25, -0.2) is 0 Å². The third-order valence-corrected chi connectivity index (χ3v) is 3.21. The summed E-state index contributed by atoms with van der Waals surface area (Å²) >= 11 is 13.3. The monoisotopic (exact) mass is 295 g/mol. The van der Waals surface area contributed by atoms with E-state index in [0.717, 1.165) is 11.3 Å². The van der Waals surface area contributed by atoms with Gasteiger partial charge in [-0.3, -0.25) is 0 Å². The first-order valence-electron chi connectivity index (χ1n) is 4.15. The zero-order valence-electron chi connectivity index (χ0n) is 7.98. The number of hydrogen-bond acceptors (Lipinski definition) is 4. The number of amidine groups is 1. The summed E-state index contributed by atoms with van der Waals surface area (Å²) in [5, 5.41) is 9.47. The molecule has 0 saturated carbocycles. The van der Waals surface area contributed by atoms with Crippen molar-refractivity contribution in [1.29, 1.82) is 0 Å². The standard InChI is InChI=1S/C9H7Cl2N3S.ClH/c10-5-1-2-6(7(11)3-5)8-4-15-9(12)14-13-8;/h1-3H,4H2,(H2,12,14);1H. The molecule has 86 valence electrons. The van der Waals surface area contributed by atoms with Gasteiger partial charge in [0.1, 0.15) is 0 Å². The highest BCUT2D eigenvalue weighted by molar-refractivity contribution is 8.14. The van der Waals surface area contributed by atoms with Gasteiger partial charge in [-0.15, -0.1) is 17.5 Å². The van der Waals surface area contributed by atoms with Crippen molar-refractivity contribution in [3.63, 3.8) is 0 Å². The summed E-state index contributed by atoms with van der Waals surface area (Å²) in [5.74, 6) is 0.677. The van der Waals surface area contributed by atoms with Crippen LogP contribution in [0.3, 0.4) is 0 Å². The minimum Gasteiger partial charge on any atom is -0.377 e. The van der Waals surface area contributed by atoms with Crippen molar-refractivity contribution in [1.82, 2.24) is 0 Å². The van der Waals surface area contributed by atoms with Crippen molar-refractivity contribution in [2.24, 2.45) is 15.9 Å². The zero-order chi connectivity index (χ0) is 10.8. The van der Waals surface area contributed by atoms with Crippen LogP contribution in [-0.4, -0.2) is 16.6 Å². The Labute approximate surface area is 114 Å². The lowest BCUT2D eigenvalue weighted by Gasteiger charge is -2.10. The molecule has 0 atom stereocenters. The van der Waals surface area contributed by atoms with Gasteiger partial charge in [-0.05, 0) is 12.1 Å². The maximum atomic E-state index is 6.04. The van der Waals surface area contributed by atoms with Crippen molar-refractivity contribution < 1.29 is 0 Å². The Morgan fingerprint density at radius 1 is 1.25 bits per heavy atom. The fraction of sp³-hybridized carbons (Fsp3) is 0.111. The van der Waals surface area contributed by atoms with Gasteiger partial charge >= 0.3 is 0 Å². The van der Waals surface area contributed by atoms with Gasteiger partial charge < -0.3 is 5.73 Å². The van der Waals surface area contributed by atoms with Crippen LogP contribution in [-0.2, 0) is 0 Å². The summed E-state index contributed by atoms with van der Waals surface area (Å²) < 4.78 is 0. The molecule has 1 heterocycles.